The van der Waals surface area contributed by atoms with E-state index in [1.54, 1.807) is 0 Å². The molecule has 0 aromatic rings. The molecular formula is C10H18O2PtSi. The monoisotopic (exact) mass is 393 g/mol. The Kier molecular flexibility index (Phi) is 5.02. The van der Waals surface area contributed by atoms with Crippen molar-refractivity contribution in [3.05, 3.63) is 0 Å². The minimum absolute atomic E-state index is 0. The van der Waals surface area contributed by atoms with Gasteiger partial charge in [-0.3, -0.25) is 0 Å². The normalized spacial score (nSPS) is 32.9. The van der Waals surface area contributed by atoms with Crippen LogP contribution in [-0.2, 0) is 30.6 Å². The van der Waals surface area contributed by atoms with Gasteiger partial charge in [0.15, 0.2) is 0 Å². The standard InChI is InChI=1S/C10H18O2Si.Pt/c11-8-10(5-1-2-6-12-10)13-7-9-3-4-9;/h8-9H,1-7,13H2;. The van der Waals surface area contributed by atoms with Crippen LogP contribution in [0.5, 0.6) is 0 Å². The predicted octanol–water partition coefficient (Wildman–Crippen LogP) is 1.08. The van der Waals surface area contributed by atoms with Crippen LogP contribution < -0.4 is 0 Å². The Labute approximate surface area is 102 Å². The molecule has 1 saturated carbocycles. The Hall–Kier alpha value is 0.535. The third-order valence-corrected chi connectivity index (χ3v) is 5.95. The Morgan fingerprint density at radius 3 is 2.71 bits per heavy atom. The van der Waals surface area contributed by atoms with Crippen LogP contribution in [0.2, 0.25) is 6.04 Å². The van der Waals surface area contributed by atoms with E-state index in [0.717, 1.165) is 31.7 Å². The van der Waals surface area contributed by atoms with Gasteiger partial charge in [0, 0.05) is 27.7 Å². The van der Waals surface area contributed by atoms with Gasteiger partial charge in [0.2, 0.25) is 0 Å². The Balaban J connectivity index is 0.000000980. The van der Waals surface area contributed by atoms with Crippen molar-refractivity contribution < 1.29 is 30.6 Å². The number of ether oxygens (including phenoxy) is 1. The van der Waals surface area contributed by atoms with Crippen LogP contribution in [0.4, 0.5) is 0 Å². The fourth-order valence-corrected chi connectivity index (χ4v) is 4.46. The van der Waals surface area contributed by atoms with Gasteiger partial charge in [-0.05, 0) is 25.2 Å². The molecule has 0 aromatic heterocycles. The minimum Gasteiger partial charge on any atom is -0.372 e. The Morgan fingerprint density at radius 1 is 1.43 bits per heavy atom. The first-order valence-corrected chi connectivity index (χ1v) is 7.16. The van der Waals surface area contributed by atoms with Gasteiger partial charge in [-0.1, -0.05) is 18.9 Å². The van der Waals surface area contributed by atoms with Crippen molar-refractivity contribution in [2.45, 2.75) is 43.4 Å². The molecule has 2 aliphatic rings. The molecule has 2 rings (SSSR count). The van der Waals surface area contributed by atoms with Crippen LogP contribution >= 0.6 is 0 Å². The van der Waals surface area contributed by atoms with Gasteiger partial charge in [0.25, 0.3) is 0 Å². The minimum atomic E-state index is -0.317. The van der Waals surface area contributed by atoms with Crippen molar-refractivity contribution in [2.75, 3.05) is 6.61 Å². The van der Waals surface area contributed by atoms with Crippen molar-refractivity contribution in [2.24, 2.45) is 5.92 Å². The van der Waals surface area contributed by atoms with Gasteiger partial charge in [0.05, 0.1) is 9.52 Å². The zero-order valence-corrected chi connectivity index (χ0v) is 12.1. The van der Waals surface area contributed by atoms with Crippen molar-refractivity contribution in [1.29, 1.82) is 0 Å². The number of carbonyl (C=O) groups is 1. The summed E-state index contributed by atoms with van der Waals surface area (Å²) in [5.74, 6) is 0.967. The van der Waals surface area contributed by atoms with Crippen LogP contribution in [0.15, 0.2) is 0 Å². The molecule has 0 spiro atoms. The molecule has 84 valence electrons. The zero-order chi connectivity index (χ0) is 9.15. The van der Waals surface area contributed by atoms with E-state index in [2.05, 4.69) is 0 Å². The summed E-state index contributed by atoms with van der Waals surface area (Å²) in [7, 11) is -0.317. The van der Waals surface area contributed by atoms with Crippen LogP contribution in [0.1, 0.15) is 32.1 Å². The average Bonchev–Trinajstić information content (AvgIpc) is 3.00. The van der Waals surface area contributed by atoms with E-state index in [1.165, 1.54) is 25.3 Å². The second kappa shape index (κ2) is 5.57. The predicted molar refractivity (Wildman–Crippen MR) is 54.7 cm³/mol. The quantitative estimate of drug-likeness (QED) is 0.528. The molecule has 0 aromatic carbocycles. The van der Waals surface area contributed by atoms with E-state index >= 15 is 0 Å². The number of hydrogen-bond donors (Lipinski definition) is 0. The molecule has 1 unspecified atom stereocenters. The smallest absolute Gasteiger partial charge is 0.147 e. The van der Waals surface area contributed by atoms with E-state index < -0.39 is 0 Å². The first-order valence-electron chi connectivity index (χ1n) is 5.45. The van der Waals surface area contributed by atoms with Gasteiger partial charge in [-0.25, -0.2) is 0 Å². The summed E-state index contributed by atoms with van der Waals surface area (Å²) in [4.78, 5) is 11.0. The molecule has 1 atom stereocenters. The van der Waals surface area contributed by atoms with E-state index in [4.69, 9.17) is 4.74 Å². The Bertz CT molecular complexity index is 189. The third kappa shape index (κ3) is 3.28. The average molecular weight is 393 g/mol. The summed E-state index contributed by atoms with van der Waals surface area (Å²) in [5.41, 5.74) is 0. The molecule has 1 saturated heterocycles. The summed E-state index contributed by atoms with van der Waals surface area (Å²) < 4.78 is 5.69. The van der Waals surface area contributed by atoms with Gasteiger partial charge in [-0.15, -0.1) is 0 Å². The second-order valence-corrected chi connectivity index (χ2v) is 6.74. The van der Waals surface area contributed by atoms with Gasteiger partial charge < -0.3 is 9.53 Å². The molecule has 0 N–H and O–H groups in total. The fraction of sp³-hybridized carbons (Fsp3) is 0.900. The topological polar surface area (TPSA) is 26.3 Å². The summed E-state index contributed by atoms with van der Waals surface area (Å²) in [6.45, 7) is 0.816. The fourth-order valence-electron chi connectivity index (χ4n) is 2.08. The maximum atomic E-state index is 11.0. The molecule has 0 amide bonds. The van der Waals surface area contributed by atoms with Crippen molar-refractivity contribution in [1.82, 2.24) is 0 Å². The van der Waals surface area contributed by atoms with Crippen molar-refractivity contribution in [3.63, 3.8) is 0 Å². The van der Waals surface area contributed by atoms with Crippen molar-refractivity contribution in [3.8, 4) is 0 Å². The van der Waals surface area contributed by atoms with Crippen LogP contribution in [0.25, 0.3) is 0 Å². The molecule has 2 fully saturated rings. The second-order valence-electron chi connectivity index (χ2n) is 4.47. The number of aldehydes is 1. The summed E-state index contributed by atoms with van der Waals surface area (Å²) in [6.07, 6.45) is 7.27. The first-order chi connectivity index (χ1) is 6.35. The summed E-state index contributed by atoms with van der Waals surface area (Å²) in [5, 5.41) is -0.249. The summed E-state index contributed by atoms with van der Waals surface area (Å²) in [6, 6.07) is 1.33. The Morgan fingerprint density at radius 2 is 2.21 bits per heavy atom. The number of carbonyl (C=O) groups excluding carboxylic acids is 1. The maximum absolute atomic E-state index is 11.0. The van der Waals surface area contributed by atoms with E-state index in [1.807, 2.05) is 0 Å². The molecule has 1 aliphatic carbocycles. The molecule has 14 heavy (non-hydrogen) atoms. The van der Waals surface area contributed by atoms with Crippen LogP contribution in [0.3, 0.4) is 0 Å². The van der Waals surface area contributed by atoms with Gasteiger partial charge in [0.1, 0.15) is 11.5 Å². The first kappa shape index (κ1) is 12.6. The molecular weight excluding hydrogens is 375 g/mol. The third-order valence-electron chi connectivity index (χ3n) is 3.27. The number of rotatable bonds is 4. The molecule has 1 heterocycles. The maximum Gasteiger partial charge on any atom is 0.147 e. The summed E-state index contributed by atoms with van der Waals surface area (Å²) >= 11 is 0. The molecule has 2 nitrogen and oxygen atoms in total. The van der Waals surface area contributed by atoms with Gasteiger partial charge in [-0.2, -0.15) is 0 Å². The van der Waals surface area contributed by atoms with Crippen LogP contribution in [-0.4, -0.2) is 27.6 Å². The van der Waals surface area contributed by atoms with Crippen molar-refractivity contribution >= 4 is 15.8 Å². The SMILES string of the molecule is O=CC1([SiH2]CC2CC2)CCCCO1.[Pt]. The van der Waals surface area contributed by atoms with E-state index in [-0.39, 0.29) is 35.8 Å². The van der Waals surface area contributed by atoms with Crippen LogP contribution in [0, 0.1) is 5.92 Å². The van der Waals surface area contributed by atoms with Gasteiger partial charge >= 0.3 is 0 Å². The molecule has 0 radical (unpaired) electrons. The number of hydrogen-bond acceptors (Lipinski definition) is 2. The van der Waals surface area contributed by atoms with E-state index in [9.17, 15) is 4.79 Å². The zero-order valence-electron chi connectivity index (χ0n) is 8.44. The molecule has 4 heteroatoms. The molecule has 0 bridgehead atoms. The largest absolute Gasteiger partial charge is 0.372 e. The molecule has 1 aliphatic heterocycles. The van der Waals surface area contributed by atoms with E-state index in [0.29, 0.717) is 0 Å².